The lowest BCUT2D eigenvalue weighted by Crippen LogP contribution is -2.39. The van der Waals surface area contributed by atoms with Crippen molar-refractivity contribution in [3.8, 4) is 11.5 Å². The van der Waals surface area contributed by atoms with Crippen molar-refractivity contribution in [2.75, 3.05) is 0 Å². The number of aromatic nitrogens is 3. The standard InChI is InChI=1S/C16H16N4O2S/c1-16(2,12-7-5-9-23-12)15(21)18-10-13-19-14(20-22-13)11-6-3-4-8-17-11/h3-9H,10H2,1-2H3,(H,18,21). The Balaban J connectivity index is 1.65. The van der Waals surface area contributed by atoms with Crippen LogP contribution in [0.3, 0.4) is 0 Å². The van der Waals surface area contributed by atoms with Gasteiger partial charge in [-0.1, -0.05) is 17.3 Å². The summed E-state index contributed by atoms with van der Waals surface area (Å²) in [5, 5.41) is 8.68. The van der Waals surface area contributed by atoms with Crippen LogP contribution in [0.4, 0.5) is 0 Å². The summed E-state index contributed by atoms with van der Waals surface area (Å²) in [4.78, 5) is 21.8. The molecular weight excluding hydrogens is 312 g/mol. The van der Waals surface area contributed by atoms with Gasteiger partial charge in [0.1, 0.15) is 5.69 Å². The van der Waals surface area contributed by atoms with Crippen molar-refractivity contribution < 1.29 is 9.32 Å². The fourth-order valence-electron chi connectivity index (χ4n) is 2.05. The van der Waals surface area contributed by atoms with E-state index in [2.05, 4.69) is 20.4 Å². The molecule has 1 N–H and O–H groups in total. The molecule has 3 heterocycles. The minimum Gasteiger partial charge on any atom is -0.346 e. The van der Waals surface area contributed by atoms with Crippen molar-refractivity contribution in [1.29, 1.82) is 0 Å². The van der Waals surface area contributed by atoms with Crippen molar-refractivity contribution in [3.63, 3.8) is 0 Å². The van der Waals surface area contributed by atoms with Gasteiger partial charge in [-0.25, -0.2) is 0 Å². The molecule has 0 fully saturated rings. The lowest BCUT2D eigenvalue weighted by Gasteiger charge is -2.21. The molecule has 3 rings (SSSR count). The summed E-state index contributed by atoms with van der Waals surface area (Å²) in [6, 6.07) is 9.36. The Labute approximate surface area is 137 Å². The second-order valence-electron chi connectivity index (χ2n) is 5.51. The average molecular weight is 328 g/mol. The molecule has 0 bridgehead atoms. The van der Waals surface area contributed by atoms with Crippen molar-refractivity contribution in [1.82, 2.24) is 20.4 Å². The number of amides is 1. The summed E-state index contributed by atoms with van der Waals surface area (Å²) in [6.07, 6.45) is 1.66. The predicted octanol–water partition coefficient (Wildman–Crippen LogP) is 2.79. The molecule has 3 aromatic heterocycles. The van der Waals surface area contributed by atoms with E-state index in [0.29, 0.717) is 17.4 Å². The van der Waals surface area contributed by atoms with E-state index < -0.39 is 5.41 Å². The van der Waals surface area contributed by atoms with Gasteiger partial charge in [-0.2, -0.15) is 4.98 Å². The summed E-state index contributed by atoms with van der Waals surface area (Å²) >= 11 is 1.56. The maximum atomic E-state index is 12.4. The molecule has 7 heteroatoms. The van der Waals surface area contributed by atoms with Crippen LogP contribution in [-0.4, -0.2) is 21.0 Å². The lowest BCUT2D eigenvalue weighted by molar-refractivity contribution is -0.125. The molecule has 0 aliphatic rings. The van der Waals surface area contributed by atoms with Gasteiger partial charge in [0, 0.05) is 11.1 Å². The molecule has 0 spiro atoms. The molecule has 0 unspecified atom stereocenters. The highest BCUT2D eigenvalue weighted by Gasteiger charge is 2.30. The third kappa shape index (κ3) is 3.29. The summed E-state index contributed by atoms with van der Waals surface area (Å²) in [7, 11) is 0. The molecule has 118 valence electrons. The zero-order valence-electron chi connectivity index (χ0n) is 12.8. The number of nitrogens with zero attached hydrogens (tertiary/aromatic N) is 3. The number of carbonyl (C=O) groups excluding carboxylic acids is 1. The molecule has 23 heavy (non-hydrogen) atoms. The highest BCUT2D eigenvalue weighted by Crippen LogP contribution is 2.27. The Hall–Kier alpha value is -2.54. The van der Waals surface area contributed by atoms with Gasteiger partial charge in [-0.05, 0) is 37.4 Å². The van der Waals surface area contributed by atoms with E-state index in [1.54, 1.807) is 23.6 Å². The zero-order valence-corrected chi connectivity index (χ0v) is 13.6. The van der Waals surface area contributed by atoms with Gasteiger partial charge < -0.3 is 9.84 Å². The largest absolute Gasteiger partial charge is 0.346 e. The zero-order chi connectivity index (χ0) is 16.3. The van der Waals surface area contributed by atoms with Gasteiger partial charge in [0.2, 0.25) is 17.6 Å². The van der Waals surface area contributed by atoms with Crippen molar-refractivity contribution in [2.45, 2.75) is 25.8 Å². The molecule has 1 amide bonds. The lowest BCUT2D eigenvalue weighted by atomic mass is 9.90. The summed E-state index contributed by atoms with van der Waals surface area (Å²) in [5.41, 5.74) is 0.0330. The first-order valence-corrected chi connectivity index (χ1v) is 8.01. The van der Waals surface area contributed by atoms with Crippen LogP contribution >= 0.6 is 11.3 Å². The van der Waals surface area contributed by atoms with E-state index in [0.717, 1.165) is 4.88 Å². The maximum absolute atomic E-state index is 12.4. The molecule has 0 aliphatic heterocycles. The van der Waals surface area contributed by atoms with Crippen LogP contribution in [0.1, 0.15) is 24.6 Å². The van der Waals surface area contributed by atoms with Gasteiger partial charge in [-0.15, -0.1) is 11.3 Å². The van der Waals surface area contributed by atoms with Crippen molar-refractivity contribution in [2.24, 2.45) is 0 Å². The summed E-state index contributed by atoms with van der Waals surface area (Å²) in [6.45, 7) is 3.97. The molecule has 0 aromatic carbocycles. The Morgan fingerprint density at radius 2 is 2.17 bits per heavy atom. The fraction of sp³-hybridized carbons (Fsp3) is 0.250. The van der Waals surface area contributed by atoms with E-state index in [1.165, 1.54) is 0 Å². The second kappa shape index (κ2) is 6.29. The minimum atomic E-state index is -0.599. The first-order valence-electron chi connectivity index (χ1n) is 7.13. The second-order valence-corrected chi connectivity index (χ2v) is 6.46. The smallest absolute Gasteiger partial charge is 0.246 e. The maximum Gasteiger partial charge on any atom is 0.246 e. The molecule has 0 radical (unpaired) electrons. The fourth-order valence-corrected chi connectivity index (χ4v) is 2.90. The number of pyridine rings is 1. The monoisotopic (exact) mass is 328 g/mol. The van der Waals surface area contributed by atoms with Crippen LogP contribution in [0.2, 0.25) is 0 Å². The van der Waals surface area contributed by atoms with Gasteiger partial charge >= 0.3 is 0 Å². The normalized spacial score (nSPS) is 11.4. The number of carbonyl (C=O) groups is 1. The van der Waals surface area contributed by atoms with Gasteiger partial charge in [0.25, 0.3) is 0 Å². The van der Waals surface area contributed by atoms with Crippen LogP contribution in [0.15, 0.2) is 46.4 Å². The van der Waals surface area contributed by atoms with Crippen LogP contribution < -0.4 is 5.32 Å². The first kappa shape index (κ1) is 15.4. The average Bonchev–Trinajstić information content (AvgIpc) is 3.25. The summed E-state index contributed by atoms with van der Waals surface area (Å²) in [5.74, 6) is 0.672. The Morgan fingerprint density at radius 3 is 2.87 bits per heavy atom. The SMILES string of the molecule is CC(C)(C(=O)NCc1nc(-c2ccccn2)no1)c1cccs1. The number of thiophene rings is 1. The molecule has 0 saturated carbocycles. The van der Waals surface area contributed by atoms with E-state index >= 15 is 0 Å². The molecule has 3 aromatic rings. The van der Waals surface area contributed by atoms with Gasteiger partial charge in [0.15, 0.2) is 0 Å². The third-order valence-electron chi connectivity index (χ3n) is 3.47. The predicted molar refractivity (Wildman–Crippen MR) is 86.7 cm³/mol. The quantitative estimate of drug-likeness (QED) is 0.779. The van der Waals surface area contributed by atoms with Gasteiger partial charge in [-0.3, -0.25) is 9.78 Å². The molecule has 0 aliphatic carbocycles. The minimum absolute atomic E-state index is 0.0856. The van der Waals surface area contributed by atoms with E-state index in [4.69, 9.17) is 4.52 Å². The highest BCUT2D eigenvalue weighted by atomic mass is 32.1. The van der Waals surface area contributed by atoms with E-state index in [1.807, 2.05) is 43.5 Å². The van der Waals surface area contributed by atoms with E-state index in [-0.39, 0.29) is 12.5 Å². The third-order valence-corrected chi connectivity index (χ3v) is 4.66. The Morgan fingerprint density at radius 1 is 1.30 bits per heavy atom. The first-order chi connectivity index (χ1) is 11.1. The van der Waals surface area contributed by atoms with Crippen LogP contribution in [-0.2, 0) is 16.8 Å². The number of hydrogen-bond acceptors (Lipinski definition) is 6. The Bertz CT molecular complexity index is 782. The van der Waals surface area contributed by atoms with Crippen molar-refractivity contribution >= 4 is 17.2 Å². The number of rotatable bonds is 5. The molecular formula is C16H16N4O2S. The van der Waals surface area contributed by atoms with Gasteiger partial charge in [0.05, 0.1) is 12.0 Å². The molecule has 0 saturated heterocycles. The number of nitrogens with one attached hydrogen (secondary N) is 1. The van der Waals surface area contributed by atoms with Crippen LogP contribution in [0.25, 0.3) is 11.5 Å². The Kier molecular flexibility index (Phi) is 4.20. The topological polar surface area (TPSA) is 80.9 Å². The van der Waals surface area contributed by atoms with Crippen LogP contribution in [0, 0.1) is 0 Å². The summed E-state index contributed by atoms with van der Waals surface area (Å²) < 4.78 is 5.16. The van der Waals surface area contributed by atoms with Crippen LogP contribution in [0.5, 0.6) is 0 Å². The molecule has 6 nitrogen and oxygen atoms in total. The van der Waals surface area contributed by atoms with Crippen molar-refractivity contribution in [3.05, 3.63) is 52.7 Å². The molecule has 0 atom stereocenters. The highest BCUT2D eigenvalue weighted by molar-refractivity contribution is 7.10. The number of hydrogen-bond donors (Lipinski definition) is 1. The van der Waals surface area contributed by atoms with E-state index in [9.17, 15) is 4.79 Å².